The van der Waals surface area contributed by atoms with Gasteiger partial charge in [-0.05, 0) is 44.9 Å². The Balaban J connectivity index is 4.11. The Kier molecular flexibility index (Phi) is 34.8. The van der Waals surface area contributed by atoms with E-state index in [4.69, 9.17) is 0 Å². The lowest BCUT2D eigenvalue weighted by Gasteiger charge is -2.22. The normalized spacial score (nSPS) is 14.3. The molecule has 3 unspecified atom stereocenters. The zero-order valence-electron chi connectivity index (χ0n) is 32.4. The van der Waals surface area contributed by atoms with E-state index in [-0.39, 0.29) is 6.42 Å². The second kappa shape index (κ2) is 35.9. The molecule has 0 aliphatic carbocycles. The minimum Gasteiger partial charge on any atom is -0.387 e. The van der Waals surface area contributed by atoms with Gasteiger partial charge in [0.1, 0.15) is 6.10 Å². The molecule has 0 fully saturated rings. The number of aliphatic hydroxyl groups excluding tert-OH is 2. The van der Waals surface area contributed by atoms with E-state index in [1.807, 2.05) is 0 Å². The van der Waals surface area contributed by atoms with Gasteiger partial charge in [-0.3, -0.25) is 9.35 Å². The van der Waals surface area contributed by atoms with E-state index in [9.17, 15) is 28.0 Å². The maximum absolute atomic E-state index is 12.6. The highest BCUT2D eigenvalue weighted by molar-refractivity contribution is 7.85. The van der Waals surface area contributed by atoms with Crippen LogP contribution in [0.5, 0.6) is 0 Å². The van der Waals surface area contributed by atoms with Crippen molar-refractivity contribution in [3.63, 3.8) is 0 Å². The van der Waals surface area contributed by atoms with Gasteiger partial charge >= 0.3 is 0 Å². The largest absolute Gasteiger partial charge is 0.387 e. The first-order valence-electron chi connectivity index (χ1n) is 20.8. The van der Waals surface area contributed by atoms with Gasteiger partial charge < -0.3 is 15.5 Å². The van der Waals surface area contributed by atoms with Crippen LogP contribution in [0.25, 0.3) is 0 Å². The molecule has 0 radical (unpaired) electrons. The highest BCUT2D eigenvalue weighted by Gasteiger charge is 2.27. The number of unbranched alkanes of at least 4 members (excludes halogenated alkanes) is 24. The smallest absolute Gasteiger partial charge is 0.267 e. The minimum absolute atomic E-state index is 0.274. The maximum atomic E-state index is 12.6. The summed E-state index contributed by atoms with van der Waals surface area (Å²) in [6, 6.07) is -1.25. The molecule has 0 aromatic rings. The van der Waals surface area contributed by atoms with E-state index in [0.29, 0.717) is 12.8 Å². The van der Waals surface area contributed by atoms with Gasteiger partial charge in [0.15, 0.2) is 0 Å². The fourth-order valence-electron chi connectivity index (χ4n) is 6.19. The Labute approximate surface area is 309 Å². The standard InChI is InChI=1S/C42H79NO6S/c1-3-5-7-9-11-13-15-17-19-20-21-22-23-25-26-28-30-32-34-36-40(44)39(38-50(47,48)49)43-42(46)41(45)37-35-33-31-29-27-24-18-16-14-12-10-8-6-4-2/h21-22,26,28,34,36,39-41,44-45H,3-20,23-25,27,29-33,35,37-38H2,1-2H3,(H,43,46)(H,47,48,49)/b22-21+,28-26+,36-34+. The highest BCUT2D eigenvalue weighted by Crippen LogP contribution is 2.15. The SMILES string of the molecule is CCCCCCCCCCC/C=C/CC/C=C/CC/C=C/C(O)C(CS(=O)(=O)O)NC(=O)C(O)CCCCCCCCCCCCCCCC. The summed E-state index contributed by atoms with van der Waals surface area (Å²) in [7, 11) is -4.45. The third kappa shape index (κ3) is 34.9. The van der Waals surface area contributed by atoms with Crippen molar-refractivity contribution in [3.8, 4) is 0 Å². The number of amides is 1. The first-order valence-corrected chi connectivity index (χ1v) is 22.4. The molecule has 0 rings (SSSR count). The van der Waals surface area contributed by atoms with Crippen molar-refractivity contribution in [2.75, 3.05) is 5.75 Å². The molecule has 0 saturated carbocycles. The van der Waals surface area contributed by atoms with Crippen molar-refractivity contribution >= 4 is 16.0 Å². The molecule has 4 N–H and O–H groups in total. The van der Waals surface area contributed by atoms with Gasteiger partial charge in [0.05, 0.1) is 17.9 Å². The van der Waals surface area contributed by atoms with Crippen molar-refractivity contribution < 1.29 is 28.0 Å². The molecule has 8 heteroatoms. The molecule has 0 aromatic heterocycles. The van der Waals surface area contributed by atoms with E-state index >= 15 is 0 Å². The summed E-state index contributed by atoms with van der Waals surface area (Å²) in [5, 5.41) is 23.4. The first-order chi connectivity index (χ1) is 24.2. The zero-order valence-corrected chi connectivity index (χ0v) is 33.2. The highest BCUT2D eigenvalue weighted by atomic mass is 32.2. The molecular weight excluding hydrogens is 647 g/mol. The molecule has 0 heterocycles. The summed E-state index contributed by atoms with van der Waals surface area (Å²) < 4.78 is 32.5. The van der Waals surface area contributed by atoms with E-state index in [2.05, 4.69) is 43.5 Å². The van der Waals surface area contributed by atoms with Crippen molar-refractivity contribution in [2.45, 2.75) is 218 Å². The van der Waals surface area contributed by atoms with Crippen LogP contribution in [0.4, 0.5) is 0 Å². The van der Waals surface area contributed by atoms with Gasteiger partial charge in [-0.25, -0.2) is 0 Å². The predicted octanol–water partition coefficient (Wildman–Crippen LogP) is 11.1. The lowest BCUT2D eigenvalue weighted by Crippen LogP contribution is -2.50. The summed E-state index contributed by atoms with van der Waals surface area (Å²) in [5.74, 6) is -1.56. The third-order valence-electron chi connectivity index (χ3n) is 9.40. The van der Waals surface area contributed by atoms with Crippen molar-refractivity contribution in [1.29, 1.82) is 0 Å². The number of aliphatic hydroxyl groups is 2. The van der Waals surface area contributed by atoms with Gasteiger partial charge in [0.2, 0.25) is 5.91 Å². The van der Waals surface area contributed by atoms with Gasteiger partial charge in [-0.2, -0.15) is 8.42 Å². The van der Waals surface area contributed by atoms with E-state index in [1.165, 1.54) is 128 Å². The average Bonchev–Trinajstić information content (AvgIpc) is 3.08. The summed E-state index contributed by atoms with van der Waals surface area (Å²) >= 11 is 0. The summed E-state index contributed by atoms with van der Waals surface area (Å²) in [6.07, 6.45) is 43.4. The lowest BCUT2D eigenvalue weighted by molar-refractivity contribution is -0.130. The van der Waals surface area contributed by atoms with E-state index in [0.717, 1.165) is 44.9 Å². The van der Waals surface area contributed by atoms with Crippen molar-refractivity contribution in [3.05, 3.63) is 36.5 Å². The van der Waals surface area contributed by atoms with Gasteiger partial charge in [-0.1, -0.05) is 192 Å². The van der Waals surface area contributed by atoms with Crippen LogP contribution >= 0.6 is 0 Å². The molecule has 1 amide bonds. The van der Waals surface area contributed by atoms with Crippen LogP contribution < -0.4 is 5.32 Å². The molecule has 0 spiro atoms. The molecule has 0 aromatic carbocycles. The lowest BCUT2D eigenvalue weighted by atomic mass is 10.0. The van der Waals surface area contributed by atoms with Crippen LogP contribution in [-0.4, -0.2) is 53.1 Å². The van der Waals surface area contributed by atoms with Gasteiger partial charge in [0.25, 0.3) is 10.1 Å². The number of carbonyl (C=O) groups is 1. The van der Waals surface area contributed by atoms with Crippen LogP contribution in [0.1, 0.15) is 200 Å². The van der Waals surface area contributed by atoms with Crippen LogP contribution in [0.15, 0.2) is 36.5 Å². The van der Waals surface area contributed by atoms with Crippen LogP contribution in [-0.2, 0) is 14.9 Å². The topological polar surface area (TPSA) is 124 Å². The van der Waals surface area contributed by atoms with Gasteiger partial charge in [0, 0.05) is 0 Å². The van der Waals surface area contributed by atoms with E-state index in [1.54, 1.807) is 6.08 Å². The fraction of sp³-hybridized carbons (Fsp3) is 0.833. The molecule has 0 aliphatic heterocycles. The predicted molar refractivity (Wildman–Crippen MR) is 213 cm³/mol. The monoisotopic (exact) mass is 726 g/mol. The third-order valence-corrected chi connectivity index (χ3v) is 10.2. The Morgan fingerprint density at radius 1 is 0.540 bits per heavy atom. The maximum Gasteiger partial charge on any atom is 0.267 e. The second-order valence-corrected chi connectivity index (χ2v) is 15.9. The summed E-state index contributed by atoms with van der Waals surface area (Å²) in [5.41, 5.74) is 0. The van der Waals surface area contributed by atoms with Gasteiger partial charge in [-0.15, -0.1) is 0 Å². The van der Waals surface area contributed by atoms with Crippen LogP contribution in [0.2, 0.25) is 0 Å². The van der Waals surface area contributed by atoms with Crippen molar-refractivity contribution in [1.82, 2.24) is 5.32 Å². The second-order valence-electron chi connectivity index (χ2n) is 14.4. The van der Waals surface area contributed by atoms with E-state index < -0.39 is 40.0 Å². The summed E-state index contributed by atoms with van der Waals surface area (Å²) in [4.78, 5) is 12.6. The average molecular weight is 726 g/mol. The molecule has 0 saturated heterocycles. The number of allylic oxidation sites excluding steroid dienone is 5. The number of rotatable bonds is 37. The van der Waals surface area contributed by atoms with Crippen LogP contribution in [0, 0.1) is 0 Å². The minimum atomic E-state index is -4.45. The molecule has 3 atom stereocenters. The van der Waals surface area contributed by atoms with Crippen molar-refractivity contribution in [2.24, 2.45) is 0 Å². The summed E-state index contributed by atoms with van der Waals surface area (Å²) in [6.45, 7) is 4.50. The van der Waals surface area contributed by atoms with Crippen LogP contribution in [0.3, 0.4) is 0 Å². The molecule has 50 heavy (non-hydrogen) atoms. The number of hydrogen-bond donors (Lipinski definition) is 4. The zero-order chi connectivity index (χ0) is 37.0. The fourth-order valence-corrected chi connectivity index (χ4v) is 6.93. The first kappa shape index (κ1) is 48.5. The molecule has 0 bridgehead atoms. The Hall–Kier alpha value is -1.48. The number of hydrogen-bond acceptors (Lipinski definition) is 5. The Morgan fingerprint density at radius 3 is 1.32 bits per heavy atom. The Morgan fingerprint density at radius 2 is 0.900 bits per heavy atom. The molecular formula is C42H79NO6S. The number of carbonyl (C=O) groups excluding carboxylic acids is 1. The number of nitrogens with one attached hydrogen (secondary N) is 1. The molecule has 7 nitrogen and oxygen atoms in total. The molecule has 0 aliphatic rings. The Bertz CT molecular complexity index is 948. The molecule has 294 valence electrons. The quantitative estimate of drug-likeness (QED) is 0.0287.